The maximum Gasteiger partial charge on any atom is 0.333 e. The summed E-state index contributed by atoms with van der Waals surface area (Å²) in [6.07, 6.45) is 0. The van der Waals surface area contributed by atoms with E-state index < -0.39 is 11.8 Å². The molecule has 76 valence electrons. The number of rotatable bonds is 1. The number of amides is 2. The van der Waals surface area contributed by atoms with Crippen molar-refractivity contribution >= 4 is 34.9 Å². The predicted molar refractivity (Wildman–Crippen MR) is 52.8 cm³/mol. The summed E-state index contributed by atoms with van der Waals surface area (Å²) in [6, 6.07) is 1.79. The van der Waals surface area contributed by atoms with Crippen LogP contribution in [0.15, 0.2) is 12.1 Å². The molecule has 0 bridgehead atoms. The summed E-state index contributed by atoms with van der Waals surface area (Å²) >= 11 is 11.0. The van der Waals surface area contributed by atoms with Gasteiger partial charge in [-0.05, 0) is 12.1 Å². The molecule has 0 spiro atoms. The molecule has 4 nitrogen and oxygen atoms in total. The quantitative estimate of drug-likeness (QED) is 0.303. The van der Waals surface area contributed by atoms with Crippen LogP contribution in [0.1, 0.15) is 0 Å². The van der Waals surface area contributed by atoms with Gasteiger partial charge < -0.3 is 5.32 Å². The molecule has 0 aliphatic rings. The maximum absolute atomic E-state index is 12.9. The molecule has 0 atom stereocenters. The molecule has 0 saturated heterocycles. The van der Waals surface area contributed by atoms with E-state index in [2.05, 4.69) is 5.32 Å². The van der Waals surface area contributed by atoms with Crippen LogP contribution in [0.3, 0.4) is 0 Å². The third kappa shape index (κ3) is 2.47. The molecular weight excluding hydrogens is 232 g/mol. The van der Waals surface area contributed by atoms with Crippen molar-refractivity contribution in [3.8, 4) is 0 Å². The van der Waals surface area contributed by atoms with Gasteiger partial charge in [0.05, 0.1) is 10.0 Å². The summed E-state index contributed by atoms with van der Waals surface area (Å²) in [5.41, 5.74) is 2.09. The molecule has 1 rings (SSSR count). The Bertz CT molecular complexity index is 349. The number of anilines is 1. The normalized spacial score (nSPS) is 9.71. The monoisotopic (exact) mass is 237 g/mol. The molecule has 1 aromatic carbocycles. The number of hydrazine groups is 1. The highest BCUT2D eigenvalue weighted by molar-refractivity contribution is 6.35. The number of urea groups is 1. The first-order chi connectivity index (χ1) is 6.54. The first-order valence-electron chi connectivity index (χ1n) is 3.46. The van der Waals surface area contributed by atoms with Crippen molar-refractivity contribution in [2.45, 2.75) is 0 Å². The van der Waals surface area contributed by atoms with Gasteiger partial charge in [-0.25, -0.2) is 15.0 Å². The number of hydrogen-bond donors (Lipinski definition) is 3. The van der Waals surface area contributed by atoms with E-state index in [0.717, 1.165) is 0 Å². The average Bonchev–Trinajstić information content (AvgIpc) is 2.14. The Morgan fingerprint density at radius 3 is 2.29 bits per heavy atom. The van der Waals surface area contributed by atoms with Crippen molar-refractivity contribution in [3.63, 3.8) is 0 Å². The van der Waals surface area contributed by atoms with Crippen LogP contribution in [0, 0.1) is 5.82 Å². The van der Waals surface area contributed by atoms with Crippen LogP contribution in [-0.2, 0) is 0 Å². The van der Waals surface area contributed by atoms with Crippen molar-refractivity contribution in [2.75, 3.05) is 5.32 Å². The fourth-order valence-electron chi connectivity index (χ4n) is 0.795. The highest BCUT2D eigenvalue weighted by atomic mass is 35.5. The molecule has 0 heterocycles. The summed E-state index contributed by atoms with van der Waals surface area (Å²) in [6.45, 7) is 0. The zero-order chi connectivity index (χ0) is 10.7. The summed E-state index contributed by atoms with van der Waals surface area (Å²) < 4.78 is 12.9. The third-order valence-electron chi connectivity index (χ3n) is 1.37. The number of hydrogen-bond acceptors (Lipinski definition) is 2. The molecular formula is C7H6Cl2FN3O. The number of nitrogens with one attached hydrogen (secondary N) is 2. The topological polar surface area (TPSA) is 67.1 Å². The number of carbonyl (C=O) groups is 1. The van der Waals surface area contributed by atoms with Gasteiger partial charge in [0.15, 0.2) is 5.82 Å². The fraction of sp³-hybridized carbons (Fsp3) is 0. The Hall–Kier alpha value is -1.04. The predicted octanol–water partition coefficient (Wildman–Crippen LogP) is 2.13. The van der Waals surface area contributed by atoms with Crippen LogP contribution in [0.2, 0.25) is 10.0 Å². The molecule has 4 N–H and O–H groups in total. The number of benzene rings is 1. The molecule has 0 aromatic heterocycles. The highest BCUT2D eigenvalue weighted by Gasteiger charge is 2.08. The van der Waals surface area contributed by atoms with E-state index in [9.17, 15) is 9.18 Å². The fourth-order valence-corrected chi connectivity index (χ4v) is 1.28. The average molecular weight is 238 g/mol. The lowest BCUT2D eigenvalue weighted by Crippen LogP contribution is -2.34. The van der Waals surface area contributed by atoms with Gasteiger partial charge in [-0.3, -0.25) is 5.43 Å². The Balaban J connectivity index is 2.95. The van der Waals surface area contributed by atoms with Gasteiger partial charge in [-0.15, -0.1) is 0 Å². The van der Waals surface area contributed by atoms with Gasteiger partial charge in [0.1, 0.15) is 0 Å². The molecule has 1 aromatic rings. The summed E-state index contributed by atoms with van der Waals surface area (Å²) in [5.74, 6) is 4.09. The second-order valence-electron chi connectivity index (χ2n) is 2.35. The first kappa shape index (κ1) is 11.0. The molecule has 0 aliphatic carbocycles. The number of halogens is 3. The molecule has 0 fully saturated rings. The van der Waals surface area contributed by atoms with Gasteiger partial charge in [0, 0.05) is 5.69 Å². The van der Waals surface area contributed by atoms with Crippen LogP contribution in [0.4, 0.5) is 14.9 Å². The van der Waals surface area contributed by atoms with Gasteiger partial charge in [0.2, 0.25) is 0 Å². The molecule has 0 aliphatic heterocycles. The van der Waals surface area contributed by atoms with Gasteiger partial charge in [-0.1, -0.05) is 23.2 Å². The second-order valence-corrected chi connectivity index (χ2v) is 3.17. The first-order valence-corrected chi connectivity index (χ1v) is 4.22. The van der Waals surface area contributed by atoms with E-state index in [-0.39, 0.29) is 15.7 Å². The van der Waals surface area contributed by atoms with E-state index in [1.54, 1.807) is 0 Å². The summed E-state index contributed by atoms with van der Waals surface area (Å²) in [5, 5.41) is 1.94. The van der Waals surface area contributed by atoms with Gasteiger partial charge >= 0.3 is 6.03 Å². The minimum atomic E-state index is -0.730. The van der Waals surface area contributed by atoms with Crippen LogP contribution in [0.25, 0.3) is 0 Å². The lowest BCUT2D eigenvalue weighted by atomic mass is 10.3. The molecule has 14 heavy (non-hydrogen) atoms. The summed E-state index contributed by atoms with van der Waals surface area (Å²) in [4.78, 5) is 10.8. The molecule has 0 radical (unpaired) electrons. The Labute approximate surface area is 89.1 Å². The Kier molecular flexibility index (Phi) is 3.51. The minimum Gasteiger partial charge on any atom is -0.307 e. The lowest BCUT2D eigenvalue weighted by molar-refractivity contribution is 0.252. The van der Waals surface area contributed by atoms with E-state index in [1.807, 2.05) is 5.43 Å². The van der Waals surface area contributed by atoms with Gasteiger partial charge in [0.25, 0.3) is 0 Å². The molecule has 0 saturated carbocycles. The van der Waals surface area contributed by atoms with Crippen molar-refractivity contribution < 1.29 is 9.18 Å². The SMILES string of the molecule is NNC(=O)Nc1cc(Cl)c(F)c(Cl)c1. The van der Waals surface area contributed by atoms with Gasteiger partial charge in [-0.2, -0.15) is 0 Å². The van der Waals surface area contributed by atoms with E-state index in [4.69, 9.17) is 29.0 Å². The molecule has 0 unspecified atom stereocenters. The maximum atomic E-state index is 12.9. The van der Waals surface area contributed by atoms with Crippen LogP contribution in [-0.4, -0.2) is 6.03 Å². The van der Waals surface area contributed by atoms with Crippen LogP contribution in [0.5, 0.6) is 0 Å². The minimum absolute atomic E-state index is 0.176. The largest absolute Gasteiger partial charge is 0.333 e. The smallest absolute Gasteiger partial charge is 0.307 e. The molecule has 2 amide bonds. The van der Waals surface area contributed by atoms with Crippen molar-refractivity contribution in [1.29, 1.82) is 0 Å². The Morgan fingerprint density at radius 1 is 1.36 bits per heavy atom. The number of nitrogens with two attached hydrogens (primary N) is 1. The zero-order valence-electron chi connectivity index (χ0n) is 6.77. The standard InChI is InChI=1S/C7H6Cl2FN3O/c8-4-1-3(12-7(14)13-11)2-5(9)6(4)10/h1-2H,11H2,(H2,12,13,14). The van der Waals surface area contributed by atoms with Crippen molar-refractivity contribution in [1.82, 2.24) is 5.43 Å². The van der Waals surface area contributed by atoms with Crippen LogP contribution < -0.4 is 16.6 Å². The van der Waals surface area contributed by atoms with Crippen molar-refractivity contribution in [2.24, 2.45) is 5.84 Å². The number of carbonyl (C=O) groups excluding carboxylic acids is 1. The molecule has 7 heteroatoms. The van der Waals surface area contributed by atoms with E-state index in [1.165, 1.54) is 12.1 Å². The van der Waals surface area contributed by atoms with Crippen molar-refractivity contribution in [3.05, 3.63) is 28.0 Å². The summed E-state index contributed by atoms with van der Waals surface area (Å²) in [7, 11) is 0. The highest BCUT2D eigenvalue weighted by Crippen LogP contribution is 2.27. The van der Waals surface area contributed by atoms with E-state index in [0.29, 0.717) is 0 Å². The zero-order valence-corrected chi connectivity index (χ0v) is 8.29. The van der Waals surface area contributed by atoms with E-state index >= 15 is 0 Å². The van der Waals surface area contributed by atoms with Crippen LogP contribution >= 0.6 is 23.2 Å². The lowest BCUT2D eigenvalue weighted by Gasteiger charge is -2.05. The third-order valence-corrected chi connectivity index (χ3v) is 1.92. The second kappa shape index (κ2) is 4.45. The Morgan fingerprint density at radius 2 is 1.86 bits per heavy atom.